The lowest BCUT2D eigenvalue weighted by Crippen LogP contribution is -2.59. The van der Waals surface area contributed by atoms with Gasteiger partial charge in [0.15, 0.2) is 5.72 Å². The molecular weight excluding hydrogens is 206 g/mol. The standard InChI is InChI=1S/C9H17NO3.ClH/c1-5-7(11)13-9(4,10)8(3,12)6-2;/h5,12H,1,6,10H2,2-4H3;1H. The molecule has 0 radical (unpaired) electrons. The fourth-order valence-corrected chi connectivity index (χ4v) is 0.712. The summed E-state index contributed by atoms with van der Waals surface area (Å²) < 4.78 is 4.81. The minimum atomic E-state index is -1.40. The number of esters is 1. The van der Waals surface area contributed by atoms with Crippen molar-refractivity contribution in [1.82, 2.24) is 0 Å². The molecule has 0 saturated carbocycles. The number of rotatable bonds is 4. The molecule has 0 rings (SSSR count). The maximum Gasteiger partial charge on any atom is 0.331 e. The van der Waals surface area contributed by atoms with Crippen molar-refractivity contribution in [1.29, 1.82) is 0 Å². The van der Waals surface area contributed by atoms with Gasteiger partial charge in [-0.25, -0.2) is 4.79 Å². The fourth-order valence-electron chi connectivity index (χ4n) is 0.712. The van der Waals surface area contributed by atoms with Gasteiger partial charge in [-0.1, -0.05) is 13.5 Å². The minimum absolute atomic E-state index is 0. The highest BCUT2D eigenvalue weighted by Gasteiger charge is 2.41. The third-order valence-corrected chi connectivity index (χ3v) is 2.24. The molecule has 5 heteroatoms. The van der Waals surface area contributed by atoms with E-state index in [2.05, 4.69) is 6.58 Å². The van der Waals surface area contributed by atoms with Crippen molar-refractivity contribution in [3.8, 4) is 0 Å². The molecule has 0 aromatic heterocycles. The van der Waals surface area contributed by atoms with Crippen molar-refractivity contribution in [2.75, 3.05) is 0 Å². The van der Waals surface area contributed by atoms with E-state index in [-0.39, 0.29) is 12.4 Å². The molecule has 2 atom stereocenters. The lowest BCUT2D eigenvalue weighted by Gasteiger charge is -2.37. The van der Waals surface area contributed by atoms with E-state index in [9.17, 15) is 9.90 Å². The molecule has 0 aromatic carbocycles. The second-order valence-corrected chi connectivity index (χ2v) is 3.36. The van der Waals surface area contributed by atoms with E-state index in [1.807, 2.05) is 0 Å². The molecule has 0 spiro atoms. The van der Waals surface area contributed by atoms with Crippen molar-refractivity contribution in [2.24, 2.45) is 5.73 Å². The SMILES string of the molecule is C=CC(=O)OC(C)(N)C(C)(O)CC.Cl. The molecule has 14 heavy (non-hydrogen) atoms. The van der Waals surface area contributed by atoms with Crippen LogP contribution in [-0.2, 0) is 9.53 Å². The lowest BCUT2D eigenvalue weighted by atomic mass is 9.91. The van der Waals surface area contributed by atoms with Crippen molar-refractivity contribution in [3.05, 3.63) is 12.7 Å². The van der Waals surface area contributed by atoms with Crippen molar-refractivity contribution in [2.45, 2.75) is 38.5 Å². The number of carbonyl (C=O) groups excluding carboxylic acids is 1. The van der Waals surface area contributed by atoms with Gasteiger partial charge in [0.1, 0.15) is 5.60 Å². The number of aliphatic hydroxyl groups is 1. The molecule has 0 aromatic rings. The number of carbonyl (C=O) groups is 1. The van der Waals surface area contributed by atoms with Crippen LogP contribution in [0.4, 0.5) is 0 Å². The van der Waals surface area contributed by atoms with Crippen molar-refractivity contribution < 1.29 is 14.6 Å². The number of hydrogen-bond acceptors (Lipinski definition) is 4. The van der Waals surface area contributed by atoms with Gasteiger partial charge in [-0.15, -0.1) is 12.4 Å². The monoisotopic (exact) mass is 223 g/mol. The van der Waals surface area contributed by atoms with Crippen LogP contribution in [0.1, 0.15) is 27.2 Å². The molecule has 0 heterocycles. The Morgan fingerprint density at radius 3 is 2.36 bits per heavy atom. The predicted molar refractivity (Wildman–Crippen MR) is 57.0 cm³/mol. The highest BCUT2D eigenvalue weighted by molar-refractivity contribution is 5.85. The lowest BCUT2D eigenvalue weighted by molar-refractivity contribution is -0.182. The number of hydrogen-bond donors (Lipinski definition) is 2. The maximum absolute atomic E-state index is 10.9. The van der Waals surface area contributed by atoms with Crippen molar-refractivity contribution in [3.63, 3.8) is 0 Å². The van der Waals surface area contributed by atoms with Crippen LogP contribution >= 0.6 is 12.4 Å². The van der Waals surface area contributed by atoms with Crippen molar-refractivity contribution >= 4 is 18.4 Å². The third kappa shape index (κ3) is 3.65. The number of halogens is 1. The Morgan fingerprint density at radius 1 is 1.64 bits per heavy atom. The summed E-state index contributed by atoms with van der Waals surface area (Å²) in [6.45, 7) is 7.97. The fraction of sp³-hybridized carbons (Fsp3) is 0.667. The molecule has 0 saturated heterocycles. The highest BCUT2D eigenvalue weighted by atomic mass is 35.5. The largest absolute Gasteiger partial charge is 0.438 e. The summed E-state index contributed by atoms with van der Waals surface area (Å²) in [6, 6.07) is 0. The minimum Gasteiger partial charge on any atom is -0.438 e. The predicted octanol–water partition coefficient (Wildman–Crippen LogP) is 0.973. The van der Waals surface area contributed by atoms with E-state index < -0.39 is 17.3 Å². The molecule has 0 amide bonds. The Morgan fingerprint density at radius 2 is 2.07 bits per heavy atom. The summed E-state index contributed by atoms with van der Waals surface area (Å²) in [5.41, 5.74) is 3.00. The molecule has 4 nitrogen and oxygen atoms in total. The Labute approximate surface area is 90.5 Å². The first kappa shape index (κ1) is 15.9. The van der Waals surface area contributed by atoms with Crippen LogP contribution in [0.15, 0.2) is 12.7 Å². The Hall–Kier alpha value is -0.580. The van der Waals surface area contributed by atoms with Gasteiger partial charge in [0.25, 0.3) is 0 Å². The first-order chi connectivity index (χ1) is 5.77. The van der Waals surface area contributed by atoms with Gasteiger partial charge in [-0.2, -0.15) is 0 Å². The Bertz CT molecular complexity index is 214. The average molecular weight is 224 g/mol. The van der Waals surface area contributed by atoms with Crippen LogP contribution in [0, 0.1) is 0 Å². The van der Waals surface area contributed by atoms with E-state index in [0.29, 0.717) is 6.42 Å². The second-order valence-electron chi connectivity index (χ2n) is 3.36. The summed E-state index contributed by atoms with van der Waals surface area (Å²) in [5, 5.41) is 9.76. The first-order valence-electron chi connectivity index (χ1n) is 4.13. The van der Waals surface area contributed by atoms with E-state index in [1.165, 1.54) is 13.8 Å². The van der Waals surface area contributed by atoms with Crippen LogP contribution in [-0.4, -0.2) is 22.4 Å². The molecule has 3 N–H and O–H groups in total. The van der Waals surface area contributed by atoms with E-state index >= 15 is 0 Å². The van der Waals surface area contributed by atoms with Gasteiger partial charge >= 0.3 is 5.97 Å². The zero-order valence-electron chi connectivity index (χ0n) is 8.74. The molecule has 0 aliphatic rings. The second kappa shape index (κ2) is 5.34. The molecule has 2 unspecified atom stereocenters. The maximum atomic E-state index is 10.9. The topological polar surface area (TPSA) is 72.5 Å². The van der Waals surface area contributed by atoms with E-state index in [0.717, 1.165) is 6.08 Å². The number of nitrogens with two attached hydrogens (primary N) is 1. The average Bonchev–Trinajstić information content (AvgIpc) is 2.03. The summed E-state index contributed by atoms with van der Waals surface area (Å²) in [7, 11) is 0. The molecule has 84 valence electrons. The zero-order chi connectivity index (χ0) is 10.7. The van der Waals surface area contributed by atoms with Crippen LogP contribution in [0.5, 0.6) is 0 Å². The Balaban J connectivity index is 0. The normalized spacial score (nSPS) is 18.4. The Kier molecular flexibility index (Phi) is 6.05. The summed E-state index contributed by atoms with van der Waals surface area (Å²) in [4.78, 5) is 10.9. The summed E-state index contributed by atoms with van der Waals surface area (Å²) in [6.07, 6.45) is 1.40. The van der Waals surface area contributed by atoms with Crippen LogP contribution in [0.25, 0.3) is 0 Å². The van der Waals surface area contributed by atoms with E-state index in [1.54, 1.807) is 6.92 Å². The van der Waals surface area contributed by atoms with Gasteiger partial charge in [0.05, 0.1) is 0 Å². The van der Waals surface area contributed by atoms with Gasteiger partial charge in [-0.05, 0) is 20.3 Å². The molecular formula is C9H18ClNO3. The van der Waals surface area contributed by atoms with Gasteiger partial charge in [-0.3, -0.25) is 5.73 Å². The summed E-state index contributed by atoms with van der Waals surface area (Å²) >= 11 is 0. The molecule has 0 aliphatic carbocycles. The van der Waals surface area contributed by atoms with Gasteiger partial charge in [0.2, 0.25) is 0 Å². The number of ether oxygens (including phenoxy) is 1. The molecule has 0 aliphatic heterocycles. The smallest absolute Gasteiger partial charge is 0.331 e. The van der Waals surface area contributed by atoms with Gasteiger partial charge < -0.3 is 9.84 Å². The quantitative estimate of drug-likeness (QED) is 0.423. The van der Waals surface area contributed by atoms with Gasteiger partial charge in [0, 0.05) is 6.08 Å². The van der Waals surface area contributed by atoms with Crippen LogP contribution < -0.4 is 5.73 Å². The summed E-state index contributed by atoms with van der Waals surface area (Å²) in [5.74, 6) is -0.640. The third-order valence-electron chi connectivity index (χ3n) is 2.24. The zero-order valence-corrected chi connectivity index (χ0v) is 9.56. The first-order valence-corrected chi connectivity index (χ1v) is 4.13. The van der Waals surface area contributed by atoms with Crippen LogP contribution in [0.2, 0.25) is 0 Å². The van der Waals surface area contributed by atoms with E-state index in [4.69, 9.17) is 10.5 Å². The van der Waals surface area contributed by atoms with Crippen LogP contribution in [0.3, 0.4) is 0 Å². The molecule has 0 fully saturated rings. The molecule has 0 bridgehead atoms. The highest BCUT2D eigenvalue weighted by Crippen LogP contribution is 2.24.